The highest BCUT2D eigenvalue weighted by Crippen LogP contribution is 2.44. The molecule has 1 aliphatic rings. The van der Waals surface area contributed by atoms with Gasteiger partial charge in [-0.05, 0) is 46.2 Å². The molecule has 114 valence electrons. The van der Waals surface area contributed by atoms with Crippen molar-refractivity contribution in [1.82, 2.24) is 15.1 Å². The molecular weight excluding hydrogens is 250 g/mol. The van der Waals surface area contributed by atoms with Gasteiger partial charge < -0.3 is 10.1 Å². The smallest absolute Gasteiger partial charge is 0.0857 e. The summed E-state index contributed by atoms with van der Waals surface area (Å²) < 4.78 is 8.23. The molecule has 0 radical (unpaired) electrons. The molecule has 0 bridgehead atoms. The third kappa shape index (κ3) is 3.61. The molecule has 1 N–H and O–H groups in total. The summed E-state index contributed by atoms with van der Waals surface area (Å²) in [6, 6.07) is 2.41. The van der Waals surface area contributed by atoms with Gasteiger partial charge in [-0.25, -0.2) is 0 Å². The topological polar surface area (TPSA) is 39.1 Å². The minimum absolute atomic E-state index is 0.0732. The Morgan fingerprint density at radius 2 is 2.10 bits per heavy atom. The Morgan fingerprint density at radius 1 is 1.40 bits per heavy atom. The van der Waals surface area contributed by atoms with Crippen molar-refractivity contribution in [1.29, 1.82) is 0 Å². The largest absolute Gasteiger partial charge is 0.367 e. The van der Waals surface area contributed by atoms with E-state index in [9.17, 15) is 0 Å². The van der Waals surface area contributed by atoms with E-state index in [0.29, 0.717) is 12.0 Å². The molecule has 4 heteroatoms. The maximum Gasteiger partial charge on any atom is 0.0857 e. The summed E-state index contributed by atoms with van der Waals surface area (Å²) in [7, 11) is 0. The SMILES string of the molecule is CC(C)CNCc1ccn(C2CC(C)(C)OC2(C)C)n1. The lowest BCUT2D eigenvalue weighted by Crippen LogP contribution is -2.31. The number of nitrogens with one attached hydrogen (secondary N) is 1. The third-order valence-electron chi connectivity index (χ3n) is 3.87. The van der Waals surface area contributed by atoms with Crippen molar-refractivity contribution < 1.29 is 4.74 Å². The minimum atomic E-state index is -0.169. The molecule has 0 spiro atoms. The number of rotatable bonds is 5. The van der Waals surface area contributed by atoms with E-state index in [0.717, 1.165) is 25.2 Å². The van der Waals surface area contributed by atoms with E-state index < -0.39 is 0 Å². The number of ether oxygens (including phenoxy) is 1. The average molecular weight is 279 g/mol. The van der Waals surface area contributed by atoms with Gasteiger partial charge in [-0.1, -0.05) is 13.8 Å². The molecule has 1 saturated heterocycles. The quantitative estimate of drug-likeness (QED) is 0.900. The zero-order valence-electron chi connectivity index (χ0n) is 13.7. The van der Waals surface area contributed by atoms with Crippen LogP contribution in [0.4, 0.5) is 0 Å². The second kappa shape index (κ2) is 5.49. The van der Waals surface area contributed by atoms with Crippen LogP contribution >= 0.6 is 0 Å². The summed E-state index contributed by atoms with van der Waals surface area (Å²) in [5.74, 6) is 0.667. The molecule has 1 aromatic heterocycles. The fraction of sp³-hybridized carbons (Fsp3) is 0.812. The fourth-order valence-corrected chi connectivity index (χ4v) is 3.08. The van der Waals surface area contributed by atoms with E-state index in [-0.39, 0.29) is 11.2 Å². The van der Waals surface area contributed by atoms with Crippen molar-refractivity contribution in [2.45, 2.75) is 71.8 Å². The van der Waals surface area contributed by atoms with Crippen LogP contribution in [0.2, 0.25) is 0 Å². The van der Waals surface area contributed by atoms with Crippen LogP contribution in [-0.2, 0) is 11.3 Å². The zero-order chi connectivity index (χ0) is 15.0. The molecule has 4 nitrogen and oxygen atoms in total. The van der Waals surface area contributed by atoms with E-state index >= 15 is 0 Å². The Labute approximate surface area is 122 Å². The van der Waals surface area contributed by atoms with Gasteiger partial charge >= 0.3 is 0 Å². The summed E-state index contributed by atoms with van der Waals surface area (Å²) in [5.41, 5.74) is 0.861. The molecule has 2 rings (SSSR count). The van der Waals surface area contributed by atoms with Crippen LogP contribution in [0.5, 0.6) is 0 Å². The van der Waals surface area contributed by atoms with Crippen LogP contribution < -0.4 is 5.32 Å². The molecular formula is C16H29N3O. The number of hydrogen-bond donors (Lipinski definition) is 1. The first-order valence-corrected chi connectivity index (χ1v) is 7.64. The molecule has 0 amide bonds. The van der Waals surface area contributed by atoms with Crippen molar-refractivity contribution in [2.75, 3.05) is 6.54 Å². The van der Waals surface area contributed by atoms with Gasteiger partial charge in [0.05, 0.1) is 22.9 Å². The minimum Gasteiger partial charge on any atom is -0.367 e. The first-order chi connectivity index (χ1) is 9.20. The van der Waals surface area contributed by atoms with Crippen LogP contribution in [0.25, 0.3) is 0 Å². The number of aromatic nitrogens is 2. The summed E-state index contributed by atoms with van der Waals surface area (Å²) >= 11 is 0. The molecule has 2 heterocycles. The predicted molar refractivity (Wildman–Crippen MR) is 81.7 cm³/mol. The number of hydrogen-bond acceptors (Lipinski definition) is 3. The monoisotopic (exact) mass is 279 g/mol. The highest BCUT2D eigenvalue weighted by Gasteiger charge is 2.47. The van der Waals surface area contributed by atoms with Crippen molar-refractivity contribution >= 4 is 0 Å². The van der Waals surface area contributed by atoms with Crippen molar-refractivity contribution in [3.63, 3.8) is 0 Å². The summed E-state index contributed by atoms with van der Waals surface area (Å²) in [4.78, 5) is 0. The average Bonchev–Trinajstić information content (AvgIpc) is 2.79. The van der Waals surface area contributed by atoms with Crippen LogP contribution in [0, 0.1) is 5.92 Å². The molecule has 1 aliphatic heterocycles. The van der Waals surface area contributed by atoms with Gasteiger partial charge in [0.2, 0.25) is 0 Å². The second-order valence-electron chi connectivity index (χ2n) is 7.50. The van der Waals surface area contributed by atoms with Gasteiger partial charge in [-0.15, -0.1) is 0 Å². The van der Waals surface area contributed by atoms with E-state index in [2.05, 4.69) is 63.8 Å². The molecule has 1 fully saturated rings. The molecule has 0 aliphatic carbocycles. The molecule has 0 saturated carbocycles. The van der Waals surface area contributed by atoms with Crippen molar-refractivity contribution in [2.24, 2.45) is 5.92 Å². The molecule has 1 aromatic rings. The second-order valence-corrected chi connectivity index (χ2v) is 7.50. The van der Waals surface area contributed by atoms with Crippen molar-refractivity contribution in [3.05, 3.63) is 18.0 Å². The summed E-state index contributed by atoms with van der Waals surface area (Å²) in [6.45, 7) is 14.9. The molecule has 1 atom stereocenters. The number of nitrogens with zero attached hydrogens (tertiary/aromatic N) is 2. The van der Waals surface area contributed by atoms with E-state index in [1.807, 2.05) is 0 Å². The van der Waals surface area contributed by atoms with Gasteiger partial charge in [-0.3, -0.25) is 4.68 Å². The van der Waals surface area contributed by atoms with Crippen LogP contribution in [-0.4, -0.2) is 27.5 Å². The van der Waals surface area contributed by atoms with E-state index in [1.165, 1.54) is 0 Å². The molecule has 1 unspecified atom stereocenters. The van der Waals surface area contributed by atoms with E-state index in [4.69, 9.17) is 9.84 Å². The Hall–Kier alpha value is -0.870. The van der Waals surface area contributed by atoms with Gasteiger partial charge in [0.1, 0.15) is 0 Å². The van der Waals surface area contributed by atoms with Crippen LogP contribution in [0.1, 0.15) is 59.7 Å². The Balaban J connectivity index is 2.02. The predicted octanol–water partition coefficient (Wildman–Crippen LogP) is 3.15. The normalized spacial score (nSPS) is 24.4. The lowest BCUT2D eigenvalue weighted by atomic mass is 9.95. The summed E-state index contributed by atoms with van der Waals surface area (Å²) in [5, 5.41) is 8.16. The summed E-state index contributed by atoms with van der Waals surface area (Å²) in [6.07, 6.45) is 3.09. The molecule has 20 heavy (non-hydrogen) atoms. The van der Waals surface area contributed by atoms with E-state index in [1.54, 1.807) is 0 Å². The van der Waals surface area contributed by atoms with Crippen LogP contribution in [0.3, 0.4) is 0 Å². The van der Waals surface area contributed by atoms with Gasteiger partial charge in [-0.2, -0.15) is 5.10 Å². The highest BCUT2D eigenvalue weighted by molar-refractivity contribution is 5.04. The Morgan fingerprint density at radius 3 is 2.65 bits per heavy atom. The van der Waals surface area contributed by atoms with Crippen molar-refractivity contribution in [3.8, 4) is 0 Å². The standard InChI is InChI=1S/C16H29N3O/c1-12(2)10-17-11-13-7-8-19(18-13)14-9-15(3,4)20-16(14,5)6/h7-8,12,14,17H,9-11H2,1-6H3. The first kappa shape index (κ1) is 15.5. The van der Waals surface area contributed by atoms with Crippen LogP contribution in [0.15, 0.2) is 12.3 Å². The third-order valence-corrected chi connectivity index (χ3v) is 3.87. The lowest BCUT2D eigenvalue weighted by Gasteiger charge is -2.27. The fourth-order valence-electron chi connectivity index (χ4n) is 3.08. The maximum absolute atomic E-state index is 6.15. The Bertz CT molecular complexity index is 448. The zero-order valence-corrected chi connectivity index (χ0v) is 13.7. The Kier molecular flexibility index (Phi) is 4.26. The highest BCUT2D eigenvalue weighted by atomic mass is 16.5. The van der Waals surface area contributed by atoms with Gasteiger partial charge in [0.15, 0.2) is 0 Å². The maximum atomic E-state index is 6.15. The lowest BCUT2D eigenvalue weighted by molar-refractivity contribution is -0.0737. The molecule has 0 aromatic carbocycles. The first-order valence-electron chi connectivity index (χ1n) is 7.64. The van der Waals surface area contributed by atoms with Gasteiger partial charge in [0.25, 0.3) is 0 Å². The van der Waals surface area contributed by atoms with Gasteiger partial charge in [0, 0.05) is 19.2 Å².